The van der Waals surface area contributed by atoms with Gasteiger partial charge in [-0.2, -0.15) is 0 Å². The number of carbonyl (C=O) groups is 1. The normalized spacial score (nSPS) is 36.2. The maximum Gasteiger partial charge on any atom is 0.234 e. The lowest BCUT2D eigenvalue weighted by Crippen LogP contribution is -2.57. The standard InChI is InChI=1S/C13H24N2O2/c1-2-11(12(14)16)15-8-7-13(17)6-4-3-5-10(13)9-15/h10-11,17H,2-9H2,1H3,(H2,14,16). The van der Waals surface area contributed by atoms with E-state index in [-0.39, 0.29) is 11.9 Å². The molecule has 0 aromatic rings. The van der Waals surface area contributed by atoms with Crippen molar-refractivity contribution in [3.8, 4) is 0 Å². The van der Waals surface area contributed by atoms with Crippen molar-refractivity contribution in [1.29, 1.82) is 0 Å². The van der Waals surface area contributed by atoms with E-state index in [1.54, 1.807) is 0 Å². The van der Waals surface area contributed by atoms with Crippen LogP contribution in [0.1, 0.15) is 45.4 Å². The molecule has 98 valence electrons. The van der Waals surface area contributed by atoms with Gasteiger partial charge in [0, 0.05) is 19.0 Å². The third kappa shape index (κ3) is 2.47. The molecule has 0 aromatic heterocycles. The Labute approximate surface area is 103 Å². The van der Waals surface area contributed by atoms with E-state index in [1.165, 1.54) is 6.42 Å². The summed E-state index contributed by atoms with van der Waals surface area (Å²) in [6.45, 7) is 3.63. The molecular formula is C13H24N2O2. The van der Waals surface area contributed by atoms with Gasteiger partial charge in [-0.05, 0) is 25.7 Å². The molecule has 0 aromatic carbocycles. The summed E-state index contributed by atoms with van der Waals surface area (Å²) in [6.07, 6.45) is 5.91. The molecular weight excluding hydrogens is 216 g/mol. The molecule has 17 heavy (non-hydrogen) atoms. The molecule has 3 atom stereocenters. The van der Waals surface area contributed by atoms with Crippen molar-refractivity contribution < 1.29 is 9.90 Å². The van der Waals surface area contributed by atoms with Crippen LogP contribution in [0.3, 0.4) is 0 Å². The minimum Gasteiger partial charge on any atom is -0.390 e. The molecule has 2 aliphatic rings. The fourth-order valence-corrected chi connectivity index (χ4v) is 3.52. The molecule has 2 rings (SSSR count). The Kier molecular flexibility index (Phi) is 3.73. The second kappa shape index (κ2) is 4.94. The Balaban J connectivity index is 2.03. The van der Waals surface area contributed by atoms with Crippen LogP contribution in [0.25, 0.3) is 0 Å². The highest BCUT2D eigenvalue weighted by molar-refractivity contribution is 5.79. The van der Waals surface area contributed by atoms with Gasteiger partial charge < -0.3 is 10.8 Å². The number of hydrogen-bond donors (Lipinski definition) is 2. The topological polar surface area (TPSA) is 66.6 Å². The SMILES string of the molecule is CCC(C(N)=O)N1CCC2(O)CCCCC2C1. The van der Waals surface area contributed by atoms with Crippen LogP contribution < -0.4 is 5.73 Å². The number of carbonyl (C=O) groups excluding carboxylic acids is 1. The number of nitrogens with two attached hydrogens (primary N) is 1. The van der Waals surface area contributed by atoms with Gasteiger partial charge in [0.05, 0.1) is 11.6 Å². The number of aliphatic hydroxyl groups is 1. The Hall–Kier alpha value is -0.610. The third-order valence-electron chi connectivity index (χ3n) is 4.61. The fourth-order valence-electron chi connectivity index (χ4n) is 3.52. The lowest BCUT2D eigenvalue weighted by Gasteiger charge is -2.48. The Morgan fingerprint density at radius 2 is 2.29 bits per heavy atom. The quantitative estimate of drug-likeness (QED) is 0.769. The van der Waals surface area contributed by atoms with E-state index in [2.05, 4.69) is 4.90 Å². The van der Waals surface area contributed by atoms with Gasteiger partial charge in [-0.3, -0.25) is 9.69 Å². The van der Waals surface area contributed by atoms with Gasteiger partial charge in [-0.15, -0.1) is 0 Å². The summed E-state index contributed by atoms with van der Waals surface area (Å²) in [4.78, 5) is 13.6. The fraction of sp³-hybridized carbons (Fsp3) is 0.923. The second-order valence-electron chi connectivity index (χ2n) is 5.62. The molecule has 1 aliphatic carbocycles. The van der Waals surface area contributed by atoms with Gasteiger partial charge in [0.1, 0.15) is 0 Å². The second-order valence-corrected chi connectivity index (χ2v) is 5.62. The van der Waals surface area contributed by atoms with Crippen LogP contribution in [0.5, 0.6) is 0 Å². The average Bonchev–Trinajstić information content (AvgIpc) is 2.29. The van der Waals surface area contributed by atoms with Crippen LogP contribution in [-0.2, 0) is 4.79 Å². The number of likely N-dealkylation sites (tertiary alicyclic amines) is 1. The van der Waals surface area contributed by atoms with E-state index in [9.17, 15) is 9.90 Å². The van der Waals surface area contributed by atoms with Crippen LogP contribution in [0.15, 0.2) is 0 Å². The van der Waals surface area contributed by atoms with Crippen molar-refractivity contribution in [3.05, 3.63) is 0 Å². The maximum absolute atomic E-state index is 11.4. The summed E-state index contributed by atoms with van der Waals surface area (Å²) >= 11 is 0. The first-order valence-corrected chi connectivity index (χ1v) is 6.82. The molecule has 4 nitrogen and oxygen atoms in total. The first-order valence-electron chi connectivity index (χ1n) is 6.82. The smallest absolute Gasteiger partial charge is 0.234 e. The first kappa shape index (κ1) is 12.8. The maximum atomic E-state index is 11.4. The zero-order valence-corrected chi connectivity index (χ0v) is 10.7. The van der Waals surface area contributed by atoms with Crippen LogP contribution in [0, 0.1) is 5.92 Å². The molecule has 1 heterocycles. The third-order valence-corrected chi connectivity index (χ3v) is 4.61. The lowest BCUT2D eigenvalue weighted by molar-refractivity contribution is -0.131. The van der Waals surface area contributed by atoms with Crippen molar-refractivity contribution in [2.45, 2.75) is 57.1 Å². The summed E-state index contributed by atoms with van der Waals surface area (Å²) in [5.41, 5.74) is 4.97. The number of piperidine rings is 1. The minimum absolute atomic E-state index is 0.151. The predicted octanol–water partition coefficient (Wildman–Crippen LogP) is 0.877. The van der Waals surface area contributed by atoms with E-state index >= 15 is 0 Å². The molecule has 0 bridgehead atoms. The predicted molar refractivity (Wildman–Crippen MR) is 66.4 cm³/mol. The van der Waals surface area contributed by atoms with Crippen LogP contribution in [0.2, 0.25) is 0 Å². The summed E-state index contributed by atoms with van der Waals surface area (Å²) < 4.78 is 0. The lowest BCUT2D eigenvalue weighted by atomic mass is 9.71. The van der Waals surface area contributed by atoms with E-state index < -0.39 is 5.60 Å². The van der Waals surface area contributed by atoms with Crippen molar-refractivity contribution in [1.82, 2.24) is 4.90 Å². The van der Waals surface area contributed by atoms with E-state index in [4.69, 9.17) is 5.73 Å². The van der Waals surface area contributed by atoms with Crippen molar-refractivity contribution in [2.24, 2.45) is 11.7 Å². The van der Waals surface area contributed by atoms with Gasteiger partial charge in [0.25, 0.3) is 0 Å². The van der Waals surface area contributed by atoms with Crippen LogP contribution >= 0.6 is 0 Å². The number of rotatable bonds is 3. The van der Waals surface area contributed by atoms with Gasteiger partial charge in [0.15, 0.2) is 0 Å². The Morgan fingerprint density at radius 3 is 2.94 bits per heavy atom. The molecule has 1 saturated carbocycles. The molecule has 1 saturated heterocycles. The highest BCUT2D eigenvalue weighted by Crippen LogP contribution is 2.40. The highest BCUT2D eigenvalue weighted by Gasteiger charge is 2.44. The van der Waals surface area contributed by atoms with Gasteiger partial charge in [-0.1, -0.05) is 19.8 Å². The van der Waals surface area contributed by atoms with Crippen molar-refractivity contribution in [3.63, 3.8) is 0 Å². The van der Waals surface area contributed by atoms with E-state index in [0.717, 1.165) is 45.2 Å². The number of nitrogens with zero attached hydrogens (tertiary/aromatic N) is 1. The molecule has 3 unspecified atom stereocenters. The molecule has 1 aliphatic heterocycles. The summed E-state index contributed by atoms with van der Waals surface area (Å²) in [7, 11) is 0. The molecule has 2 fully saturated rings. The van der Waals surface area contributed by atoms with Gasteiger partial charge in [-0.25, -0.2) is 0 Å². The van der Waals surface area contributed by atoms with Crippen LogP contribution in [-0.4, -0.2) is 40.6 Å². The van der Waals surface area contributed by atoms with Crippen molar-refractivity contribution >= 4 is 5.91 Å². The summed E-state index contributed by atoms with van der Waals surface area (Å²) in [5.74, 6) is 0.104. The number of amides is 1. The largest absolute Gasteiger partial charge is 0.390 e. The summed E-state index contributed by atoms with van der Waals surface area (Å²) in [6, 6.07) is -0.151. The molecule has 3 N–H and O–H groups in total. The first-order chi connectivity index (χ1) is 8.07. The molecule has 0 spiro atoms. The average molecular weight is 240 g/mol. The number of fused-ring (bicyclic) bond motifs is 1. The molecule has 0 radical (unpaired) electrons. The zero-order chi connectivity index (χ0) is 12.5. The Morgan fingerprint density at radius 1 is 1.53 bits per heavy atom. The highest BCUT2D eigenvalue weighted by atomic mass is 16.3. The van der Waals surface area contributed by atoms with Gasteiger partial charge in [0.2, 0.25) is 5.91 Å². The molecule has 4 heteroatoms. The molecule has 1 amide bonds. The minimum atomic E-state index is -0.468. The monoisotopic (exact) mass is 240 g/mol. The van der Waals surface area contributed by atoms with E-state index in [1.807, 2.05) is 6.92 Å². The Bertz CT molecular complexity index is 295. The van der Waals surface area contributed by atoms with Crippen molar-refractivity contribution in [2.75, 3.05) is 13.1 Å². The number of primary amides is 1. The van der Waals surface area contributed by atoms with Crippen LogP contribution in [0.4, 0.5) is 0 Å². The summed E-state index contributed by atoms with van der Waals surface area (Å²) in [5, 5.41) is 10.6. The van der Waals surface area contributed by atoms with Gasteiger partial charge >= 0.3 is 0 Å². The number of hydrogen-bond acceptors (Lipinski definition) is 3. The zero-order valence-electron chi connectivity index (χ0n) is 10.7. The van der Waals surface area contributed by atoms with E-state index in [0.29, 0.717) is 5.92 Å².